The molecule has 8 nitrogen and oxygen atoms in total. The van der Waals surface area contributed by atoms with Crippen molar-refractivity contribution in [3.63, 3.8) is 0 Å². The van der Waals surface area contributed by atoms with E-state index in [9.17, 15) is 19.5 Å². The van der Waals surface area contributed by atoms with Gasteiger partial charge in [0, 0.05) is 18.0 Å². The molecule has 0 heterocycles. The van der Waals surface area contributed by atoms with Crippen LogP contribution < -0.4 is 10.6 Å². The Morgan fingerprint density at radius 2 is 1.49 bits per heavy atom. The van der Waals surface area contributed by atoms with Gasteiger partial charge >= 0.3 is 12.1 Å². The van der Waals surface area contributed by atoms with E-state index >= 15 is 0 Å². The molecule has 0 radical (unpaired) electrons. The summed E-state index contributed by atoms with van der Waals surface area (Å²) in [5.74, 6) is -1.85. The lowest BCUT2D eigenvalue weighted by Gasteiger charge is -2.16. The number of nitrogens with one attached hydrogen (secondary N) is 2. The second-order valence-electron chi connectivity index (χ2n) is 8.27. The summed E-state index contributed by atoms with van der Waals surface area (Å²) in [7, 11) is 0. The van der Waals surface area contributed by atoms with Gasteiger partial charge in [-0.15, -0.1) is 0 Å². The predicted molar refractivity (Wildman–Crippen MR) is 130 cm³/mol. The van der Waals surface area contributed by atoms with Crippen molar-refractivity contribution in [1.29, 1.82) is 0 Å². The summed E-state index contributed by atoms with van der Waals surface area (Å²) >= 11 is 0. The van der Waals surface area contributed by atoms with Gasteiger partial charge in [-0.2, -0.15) is 0 Å². The third-order valence-electron chi connectivity index (χ3n) is 6.00. The molecule has 3 aromatic carbocycles. The van der Waals surface area contributed by atoms with Crippen LogP contribution in [0.1, 0.15) is 29.0 Å². The first-order valence-corrected chi connectivity index (χ1v) is 11.3. The van der Waals surface area contributed by atoms with E-state index in [1.165, 1.54) is 0 Å². The molecule has 4 N–H and O–H groups in total. The first-order valence-electron chi connectivity index (χ1n) is 11.3. The topological polar surface area (TPSA) is 125 Å². The highest BCUT2D eigenvalue weighted by atomic mass is 16.5. The van der Waals surface area contributed by atoms with Crippen LogP contribution in [0, 0.1) is 0 Å². The molecule has 1 atom stereocenters. The van der Waals surface area contributed by atoms with Crippen LogP contribution in [0.15, 0.2) is 72.8 Å². The van der Waals surface area contributed by atoms with Gasteiger partial charge in [-0.05, 0) is 40.3 Å². The van der Waals surface area contributed by atoms with E-state index in [-0.39, 0.29) is 25.5 Å². The van der Waals surface area contributed by atoms with Crippen LogP contribution in [0.4, 0.5) is 10.5 Å². The second kappa shape index (κ2) is 10.8. The van der Waals surface area contributed by atoms with Crippen molar-refractivity contribution in [2.45, 2.75) is 24.9 Å². The summed E-state index contributed by atoms with van der Waals surface area (Å²) in [6, 6.07) is 23.3. The fourth-order valence-corrected chi connectivity index (χ4v) is 4.24. The second-order valence-corrected chi connectivity index (χ2v) is 8.27. The van der Waals surface area contributed by atoms with E-state index in [0.29, 0.717) is 12.1 Å². The van der Waals surface area contributed by atoms with E-state index in [1.807, 2.05) is 24.3 Å². The SMILES string of the molecule is O=C(CCc1ccccc1NC(=O)OCC1c2ccccc2-c2ccccc21)NC[C@H](O)C(=O)O. The van der Waals surface area contributed by atoms with Gasteiger partial charge < -0.3 is 20.3 Å². The number of hydrogen-bond acceptors (Lipinski definition) is 5. The van der Waals surface area contributed by atoms with Gasteiger partial charge in [0.05, 0.1) is 6.54 Å². The molecule has 180 valence electrons. The number of aryl methyl sites for hydroxylation is 1. The van der Waals surface area contributed by atoms with Gasteiger partial charge in [0.2, 0.25) is 5.91 Å². The smallest absolute Gasteiger partial charge is 0.411 e. The number of rotatable bonds is 9. The highest BCUT2D eigenvalue weighted by Crippen LogP contribution is 2.44. The van der Waals surface area contributed by atoms with Crippen molar-refractivity contribution in [2.24, 2.45) is 0 Å². The minimum atomic E-state index is -1.65. The minimum absolute atomic E-state index is 0.0479. The Hall–Kier alpha value is -4.17. The fourth-order valence-electron chi connectivity index (χ4n) is 4.24. The van der Waals surface area contributed by atoms with Crippen molar-refractivity contribution in [3.8, 4) is 11.1 Å². The molecule has 0 unspecified atom stereocenters. The monoisotopic (exact) mass is 474 g/mol. The molecular formula is C27H26N2O6. The average molecular weight is 475 g/mol. The Labute approximate surface area is 202 Å². The average Bonchev–Trinajstić information content (AvgIpc) is 3.19. The maximum Gasteiger partial charge on any atom is 0.411 e. The number of carbonyl (C=O) groups excluding carboxylic acids is 2. The standard InChI is InChI=1S/C27H26N2O6/c30-24(26(32)33)15-28-25(31)14-13-17-7-1-6-12-23(17)29-27(34)35-16-22-20-10-4-2-8-18(20)19-9-3-5-11-21(19)22/h1-12,22,24,30H,13-16H2,(H,28,31)(H,29,34)(H,32,33)/t24-/m0/s1. The van der Waals surface area contributed by atoms with Crippen molar-refractivity contribution < 1.29 is 29.3 Å². The van der Waals surface area contributed by atoms with E-state index in [2.05, 4.69) is 34.9 Å². The van der Waals surface area contributed by atoms with Gasteiger partial charge in [-0.1, -0.05) is 66.7 Å². The van der Waals surface area contributed by atoms with Gasteiger partial charge in [-0.3, -0.25) is 10.1 Å². The van der Waals surface area contributed by atoms with Crippen molar-refractivity contribution in [2.75, 3.05) is 18.5 Å². The Morgan fingerprint density at radius 1 is 0.886 bits per heavy atom. The predicted octanol–water partition coefficient (Wildman–Crippen LogP) is 3.54. The van der Waals surface area contributed by atoms with Gasteiger partial charge in [-0.25, -0.2) is 9.59 Å². The minimum Gasteiger partial charge on any atom is -0.479 e. The van der Waals surface area contributed by atoms with E-state index in [0.717, 1.165) is 27.8 Å². The summed E-state index contributed by atoms with van der Waals surface area (Å²) in [4.78, 5) is 35.3. The summed E-state index contributed by atoms with van der Waals surface area (Å²) in [6.45, 7) is -0.176. The zero-order valence-corrected chi connectivity index (χ0v) is 18.9. The van der Waals surface area contributed by atoms with E-state index in [4.69, 9.17) is 9.84 Å². The number of aliphatic carboxylic acids is 1. The first kappa shape index (κ1) is 24.0. The molecule has 4 rings (SSSR count). The molecule has 35 heavy (non-hydrogen) atoms. The summed E-state index contributed by atoms with van der Waals surface area (Å²) in [5, 5.41) is 23.1. The molecule has 3 aromatic rings. The maximum absolute atomic E-state index is 12.6. The number of anilines is 1. The lowest BCUT2D eigenvalue weighted by atomic mass is 9.98. The Balaban J connectivity index is 1.34. The maximum atomic E-state index is 12.6. The lowest BCUT2D eigenvalue weighted by molar-refractivity contribution is -0.146. The van der Waals surface area contributed by atoms with Crippen LogP contribution in [0.25, 0.3) is 11.1 Å². The van der Waals surface area contributed by atoms with E-state index in [1.54, 1.807) is 24.3 Å². The number of carbonyl (C=O) groups is 3. The highest BCUT2D eigenvalue weighted by Gasteiger charge is 2.29. The third-order valence-corrected chi connectivity index (χ3v) is 6.00. The van der Waals surface area contributed by atoms with Gasteiger partial charge in [0.25, 0.3) is 0 Å². The highest BCUT2D eigenvalue weighted by molar-refractivity contribution is 5.86. The van der Waals surface area contributed by atoms with Gasteiger partial charge in [0.15, 0.2) is 6.10 Å². The Morgan fingerprint density at radius 3 is 2.14 bits per heavy atom. The summed E-state index contributed by atoms with van der Waals surface area (Å²) < 4.78 is 5.60. The third kappa shape index (κ3) is 5.67. The molecular weight excluding hydrogens is 448 g/mol. The number of carboxylic acid groups (broad SMARTS) is 1. The van der Waals surface area contributed by atoms with Crippen LogP contribution in [0.5, 0.6) is 0 Å². The number of amides is 2. The van der Waals surface area contributed by atoms with Crippen molar-refractivity contribution in [1.82, 2.24) is 5.32 Å². The molecule has 0 bridgehead atoms. The first-order chi connectivity index (χ1) is 16.9. The largest absolute Gasteiger partial charge is 0.479 e. The van der Waals surface area contributed by atoms with Crippen molar-refractivity contribution >= 4 is 23.7 Å². The normalized spacial score (nSPS) is 12.8. The number of aliphatic hydroxyl groups excluding tert-OH is 1. The number of carboxylic acids is 1. The molecule has 2 amide bonds. The van der Waals surface area contributed by atoms with Crippen LogP contribution in [0.2, 0.25) is 0 Å². The van der Waals surface area contributed by atoms with Crippen LogP contribution in [-0.2, 0) is 20.7 Å². The molecule has 0 aromatic heterocycles. The number of ether oxygens (including phenoxy) is 1. The number of fused-ring (bicyclic) bond motifs is 3. The van der Waals surface area contributed by atoms with Gasteiger partial charge in [0.1, 0.15) is 6.61 Å². The quantitative estimate of drug-likeness (QED) is 0.376. The Bertz CT molecular complexity index is 1200. The summed E-state index contributed by atoms with van der Waals surface area (Å²) in [5.41, 5.74) is 5.81. The summed E-state index contributed by atoms with van der Waals surface area (Å²) in [6.07, 6.45) is -1.86. The molecule has 8 heteroatoms. The number of hydrogen-bond donors (Lipinski definition) is 4. The molecule has 0 saturated heterocycles. The zero-order valence-electron chi connectivity index (χ0n) is 18.9. The lowest BCUT2D eigenvalue weighted by Crippen LogP contribution is -2.36. The van der Waals surface area contributed by atoms with Crippen LogP contribution in [0.3, 0.4) is 0 Å². The van der Waals surface area contributed by atoms with E-state index < -0.39 is 24.1 Å². The molecule has 0 aliphatic heterocycles. The molecule has 1 aliphatic rings. The zero-order chi connectivity index (χ0) is 24.8. The van der Waals surface area contributed by atoms with Crippen LogP contribution in [-0.4, -0.2) is 47.4 Å². The number of para-hydroxylation sites is 1. The number of aliphatic hydroxyl groups is 1. The number of benzene rings is 3. The molecule has 0 saturated carbocycles. The van der Waals surface area contributed by atoms with Crippen LogP contribution >= 0.6 is 0 Å². The Kier molecular flexibility index (Phi) is 7.42. The molecule has 0 spiro atoms. The molecule has 0 fully saturated rings. The molecule has 1 aliphatic carbocycles. The van der Waals surface area contributed by atoms with Crippen molar-refractivity contribution in [3.05, 3.63) is 89.5 Å². The fraction of sp³-hybridized carbons (Fsp3) is 0.222.